The van der Waals surface area contributed by atoms with Crippen molar-refractivity contribution in [2.24, 2.45) is 5.41 Å². The molecule has 32 heavy (non-hydrogen) atoms. The van der Waals surface area contributed by atoms with Gasteiger partial charge in [-0.1, -0.05) is 67.4 Å². The molecule has 0 saturated carbocycles. The zero-order chi connectivity index (χ0) is 23.3. The van der Waals surface area contributed by atoms with Gasteiger partial charge in [0.1, 0.15) is 0 Å². The van der Waals surface area contributed by atoms with E-state index in [1.165, 1.54) is 5.56 Å². The quantitative estimate of drug-likeness (QED) is 0.261. The molecule has 2 aromatic rings. The first kappa shape index (κ1) is 25.2. The number of carbonyl (C=O) groups excluding carboxylic acids is 1. The molecule has 1 saturated heterocycles. The van der Waals surface area contributed by atoms with E-state index in [1.807, 2.05) is 42.1 Å². The summed E-state index contributed by atoms with van der Waals surface area (Å²) in [5, 5.41) is 1.42. The van der Waals surface area contributed by atoms with E-state index < -0.39 is 5.41 Å². The number of nitrogens with zero attached hydrogens (tertiary/aromatic N) is 1. The van der Waals surface area contributed by atoms with Crippen molar-refractivity contribution in [1.82, 2.24) is 4.90 Å². The van der Waals surface area contributed by atoms with Gasteiger partial charge in [-0.2, -0.15) is 11.8 Å². The van der Waals surface area contributed by atoms with Gasteiger partial charge in [0.2, 0.25) is 5.91 Å². The van der Waals surface area contributed by atoms with Crippen LogP contribution in [0.1, 0.15) is 63.1 Å². The first-order chi connectivity index (χ1) is 15.3. The molecule has 0 N–H and O–H groups in total. The fraction of sp³-hybridized carbons (Fsp3) is 0.444. The van der Waals surface area contributed by atoms with E-state index >= 15 is 0 Å². The SMILES string of the molecule is C=CC[C@@]1(C)C[C@H](c2cccc(Cl)c2)[C@@H](c2ccc(Cl)cc2)N([C@@H](C)CCSCC)C1=O. The first-order valence-electron chi connectivity index (χ1n) is 11.3. The number of piperidine rings is 1. The summed E-state index contributed by atoms with van der Waals surface area (Å²) in [6.45, 7) is 10.4. The molecule has 0 unspecified atom stereocenters. The predicted octanol–water partition coefficient (Wildman–Crippen LogP) is 8.16. The van der Waals surface area contributed by atoms with Crippen LogP contribution in [0.2, 0.25) is 10.0 Å². The third-order valence-corrected chi connectivity index (χ3v) is 7.96. The van der Waals surface area contributed by atoms with Gasteiger partial charge in [0.25, 0.3) is 0 Å². The summed E-state index contributed by atoms with van der Waals surface area (Å²) in [6.07, 6.45) is 4.24. The summed E-state index contributed by atoms with van der Waals surface area (Å²) in [5.74, 6) is 2.46. The van der Waals surface area contributed by atoms with E-state index in [0.29, 0.717) is 11.4 Å². The van der Waals surface area contributed by atoms with Crippen LogP contribution < -0.4 is 0 Å². The van der Waals surface area contributed by atoms with Gasteiger partial charge >= 0.3 is 0 Å². The van der Waals surface area contributed by atoms with Crippen LogP contribution in [0.15, 0.2) is 61.2 Å². The third kappa shape index (κ3) is 5.55. The van der Waals surface area contributed by atoms with Crippen molar-refractivity contribution in [2.75, 3.05) is 11.5 Å². The molecule has 0 spiro atoms. The number of hydrogen-bond donors (Lipinski definition) is 0. The van der Waals surface area contributed by atoms with Crippen LogP contribution in [0.5, 0.6) is 0 Å². The Labute approximate surface area is 207 Å². The average molecular weight is 491 g/mol. The standard InChI is InChI=1S/C27H33Cl2NOS/c1-5-15-27(4)18-24(21-8-7-9-23(29)17-21)25(20-10-12-22(28)13-11-20)30(26(27)31)19(3)14-16-32-6-2/h5,7-13,17,19,24-25H,1,6,14-16,18H2,2-4H3/t19-,24+,25+,27-/m0/s1. The summed E-state index contributed by atoms with van der Waals surface area (Å²) in [6, 6.07) is 16.1. The molecular formula is C27H33Cl2NOS. The number of rotatable bonds is 9. The minimum absolute atomic E-state index is 0.0715. The maximum absolute atomic E-state index is 14.0. The van der Waals surface area contributed by atoms with Crippen molar-refractivity contribution in [3.8, 4) is 0 Å². The number of likely N-dealkylation sites (tertiary alicyclic amines) is 1. The topological polar surface area (TPSA) is 20.3 Å². The molecule has 1 heterocycles. The molecule has 2 nitrogen and oxygen atoms in total. The lowest BCUT2D eigenvalue weighted by Crippen LogP contribution is -2.55. The lowest BCUT2D eigenvalue weighted by Gasteiger charge is -2.51. The van der Waals surface area contributed by atoms with Gasteiger partial charge in [-0.25, -0.2) is 0 Å². The van der Waals surface area contributed by atoms with E-state index in [-0.39, 0.29) is 23.9 Å². The van der Waals surface area contributed by atoms with Crippen LogP contribution in [0.4, 0.5) is 0 Å². The third-order valence-electron chi connectivity index (χ3n) is 6.54. The average Bonchev–Trinajstić information content (AvgIpc) is 2.76. The lowest BCUT2D eigenvalue weighted by molar-refractivity contribution is -0.154. The number of halogens is 2. The number of hydrogen-bond acceptors (Lipinski definition) is 2. The van der Waals surface area contributed by atoms with E-state index in [9.17, 15) is 4.79 Å². The predicted molar refractivity (Wildman–Crippen MR) is 140 cm³/mol. The van der Waals surface area contributed by atoms with Gasteiger partial charge in [0.05, 0.1) is 11.5 Å². The molecule has 3 rings (SSSR count). The molecule has 1 aliphatic rings. The van der Waals surface area contributed by atoms with Crippen molar-refractivity contribution < 1.29 is 4.79 Å². The number of carbonyl (C=O) groups is 1. The van der Waals surface area contributed by atoms with E-state index in [4.69, 9.17) is 23.2 Å². The van der Waals surface area contributed by atoms with Gasteiger partial charge in [0.15, 0.2) is 0 Å². The Balaban J connectivity index is 2.13. The second-order valence-electron chi connectivity index (χ2n) is 8.96. The van der Waals surface area contributed by atoms with Crippen LogP contribution in [-0.2, 0) is 4.79 Å². The Morgan fingerprint density at radius 1 is 1.19 bits per heavy atom. The molecule has 0 aliphatic carbocycles. The fourth-order valence-electron chi connectivity index (χ4n) is 4.91. The van der Waals surface area contributed by atoms with Crippen LogP contribution in [0, 0.1) is 5.41 Å². The van der Waals surface area contributed by atoms with Crippen LogP contribution in [0.3, 0.4) is 0 Å². The lowest BCUT2D eigenvalue weighted by atomic mass is 9.67. The summed E-state index contributed by atoms with van der Waals surface area (Å²) < 4.78 is 0. The van der Waals surface area contributed by atoms with Crippen molar-refractivity contribution in [3.05, 3.63) is 82.4 Å². The monoisotopic (exact) mass is 489 g/mol. The number of allylic oxidation sites excluding steroid dienone is 1. The Morgan fingerprint density at radius 2 is 1.91 bits per heavy atom. The summed E-state index contributed by atoms with van der Waals surface area (Å²) in [7, 11) is 0. The zero-order valence-corrected chi connectivity index (χ0v) is 21.5. The van der Waals surface area contributed by atoms with E-state index in [2.05, 4.69) is 56.5 Å². The maximum Gasteiger partial charge on any atom is 0.229 e. The summed E-state index contributed by atoms with van der Waals surface area (Å²) in [5.41, 5.74) is 1.79. The number of thioether (sulfide) groups is 1. The second kappa shape index (κ2) is 11.1. The number of amides is 1. The van der Waals surface area contributed by atoms with Crippen LogP contribution in [-0.4, -0.2) is 28.4 Å². The molecule has 1 amide bonds. The molecule has 0 aromatic heterocycles. The normalized spacial score (nSPS) is 24.4. The van der Waals surface area contributed by atoms with E-state index in [1.54, 1.807) is 0 Å². The molecule has 0 bridgehead atoms. The molecule has 0 radical (unpaired) electrons. The maximum atomic E-state index is 14.0. The Kier molecular flexibility index (Phi) is 8.77. The highest BCUT2D eigenvalue weighted by atomic mass is 35.5. The minimum atomic E-state index is -0.496. The highest BCUT2D eigenvalue weighted by Gasteiger charge is 2.50. The van der Waals surface area contributed by atoms with Crippen LogP contribution in [0.25, 0.3) is 0 Å². The summed E-state index contributed by atoms with van der Waals surface area (Å²) in [4.78, 5) is 16.2. The zero-order valence-electron chi connectivity index (χ0n) is 19.2. The van der Waals surface area contributed by atoms with Crippen molar-refractivity contribution in [3.63, 3.8) is 0 Å². The molecule has 2 aromatic carbocycles. The van der Waals surface area contributed by atoms with Crippen molar-refractivity contribution >= 4 is 40.9 Å². The van der Waals surface area contributed by atoms with Crippen LogP contribution >= 0.6 is 35.0 Å². The second-order valence-corrected chi connectivity index (χ2v) is 11.2. The Hall–Kier alpha value is -1.42. The smallest absolute Gasteiger partial charge is 0.229 e. The minimum Gasteiger partial charge on any atom is -0.332 e. The van der Waals surface area contributed by atoms with E-state index in [0.717, 1.165) is 34.9 Å². The van der Waals surface area contributed by atoms with Gasteiger partial charge in [-0.15, -0.1) is 6.58 Å². The van der Waals surface area contributed by atoms with Crippen molar-refractivity contribution in [1.29, 1.82) is 0 Å². The number of benzene rings is 2. The summed E-state index contributed by atoms with van der Waals surface area (Å²) >= 11 is 14.5. The first-order valence-corrected chi connectivity index (χ1v) is 13.2. The van der Waals surface area contributed by atoms with Gasteiger partial charge in [-0.05, 0) is 73.1 Å². The molecule has 1 aliphatic heterocycles. The van der Waals surface area contributed by atoms with Gasteiger partial charge in [0, 0.05) is 22.0 Å². The molecular weight excluding hydrogens is 457 g/mol. The molecule has 172 valence electrons. The Morgan fingerprint density at radius 3 is 2.53 bits per heavy atom. The van der Waals surface area contributed by atoms with Crippen molar-refractivity contribution in [2.45, 2.75) is 58.0 Å². The highest BCUT2D eigenvalue weighted by Crippen LogP contribution is 2.52. The Bertz CT molecular complexity index is 932. The molecule has 5 heteroatoms. The highest BCUT2D eigenvalue weighted by molar-refractivity contribution is 7.99. The van der Waals surface area contributed by atoms with Gasteiger partial charge < -0.3 is 4.90 Å². The largest absolute Gasteiger partial charge is 0.332 e. The fourth-order valence-corrected chi connectivity index (χ4v) is 6.03. The molecule has 4 atom stereocenters. The molecule has 1 fully saturated rings. The van der Waals surface area contributed by atoms with Gasteiger partial charge in [-0.3, -0.25) is 4.79 Å².